The second-order valence-corrected chi connectivity index (χ2v) is 6.93. The van der Waals surface area contributed by atoms with Crippen molar-refractivity contribution in [2.45, 2.75) is 12.5 Å². The average molecular weight is 469 g/mol. The number of benzene rings is 2. The molecule has 0 heterocycles. The van der Waals surface area contributed by atoms with Gasteiger partial charge in [-0.15, -0.1) is 0 Å². The quantitative estimate of drug-likeness (QED) is 0.597. The molecule has 0 radical (unpaired) electrons. The molecule has 0 aliphatic rings. The van der Waals surface area contributed by atoms with E-state index in [-0.39, 0.29) is 11.9 Å². The Morgan fingerprint density at radius 1 is 1.30 bits per heavy atom. The van der Waals surface area contributed by atoms with Gasteiger partial charge in [-0.2, -0.15) is 0 Å². The fraction of sp³-hybridized carbons (Fsp3) is 0.200. The zero-order valence-corrected chi connectivity index (χ0v) is 15.3. The Morgan fingerprint density at radius 2 is 2.05 bits per heavy atom. The van der Waals surface area contributed by atoms with Crippen molar-refractivity contribution in [1.82, 2.24) is 5.32 Å². The molecule has 0 amide bonds. The Labute approximate surface area is 145 Å². The van der Waals surface area contributed by atoms with Gasteiger partial charge in [0.05, 0.1) is 0 Å². The maximum Gasteiger partial charge on any atom is 0.124 e. The SMILES string of the molecule is CNC(Cc1ccc(F)cc1Cl)c1cc(Br)ccc1I. The third kappa shape index (κ3) is 3.93. The van der Waals surface area contributed by atoms with Crippen LogP contribution in [0.15, 0.2) is 40.9 Å². The zero-order valence-electron chi connectivity index (χ0n) is 10.8. The average Bonchev–Trinajstić information content (AvgIpc) is 2.41. The minimum atomic E-state index is -0.309. The molecule has 0 bridgehead atoms. The van der Waals surface area contributed by atoms with Gasteiger partial charge >= 0.3 is 0 Å². The maximum absolute atomic E-state index is 13.1. The van der Waals surface area contributed by atoms with Gasteiger partial charge in [-0.1, -0.05) is 33.6 Å². The van der Waals surface area contributed by atoms with E-state index in [0.29, 0.717) is 11.4 Å². The lowest BCUT2D eigenvalue weighted by atomic mass is 9.99. The molecule has 1 unspecified atom stereocenters. The van der Waals surface area contributed by atoms with Crippen molar-refractivity contribution in [2.24, 2.45) is 0 Å². The van der Waals surface area contributed by atoms with E-state index in [1.54, 1.807) is 6.07 Å². The predicted molar refractivity (Wildman–Crippen MR) is 93.8 cm³/mol. The van der Waals surface area contributed by atoms with E-state index >= 15 is 0 Å². The van der Waals surface area contributed by atoms with Crippen LogP contribution in [0.5, 0.6) is 0 Å². The summed E-state index contributed by atoms with van der Waals surface area (Å²) in [5.74, 6) is -0.309. The highest BCUT2D eigenvalue weighted by Crippen LogP contribution is 2.28. The Bertz CT molecular complexity index is 621. The van der Waals surface area contributed by atoms with Gasteiger partial charge in [0.15, 0.2) is 0 Å². The van der Waals surface area contributed by atoms with Crippen LogP contribution in [-0.4, -0.2) is 7.05 Å². The Hall–Kier alpha value is -0.170. The summed E-state index contributed by atoms with van der Waals surface area (Å²) in [6, 6.07) is 10.9. The summed E-state index contributed by atoms with van der Waals surface area (Å²) >= 11 is 11.9. The molecule has 1 atom stereocenters. The fourth-order valence-corrected chi connectivity index (χ4v) is 3.39. The second-order valence-electron chi connectivity index (χ2n) is 4.45. The van der Waals surface area contributed by atoms with E-state index in [2.05, 4.69) is 56.0 Å². The summed E-state index contributed by atoms with van der Waals surface area (Å²) in [6.45, 7) is 0. The number of likely N-dealkylation sites (N-methyl/N-ethyl adjacent to an activating group) is 1. The molecule has 1 nitrogen and oxygen atoms in total. The lowest BCUT2D eigenvalue weighted by molar-refractivity contribution is 0.586. The van der Waals surface area contributed by atoms with Crippen LogP contribution in [0.2, 0.25) is 5.02 Å². The summed E-state index contributed by atoms with van der Waals surface area (Å²) < 4.78 is 15.3. The smallest absolute Gasteiger partial charge is 0.124 e. The minimum Gasteiger partial charge on any atom is -0.313 e. The Kier molecular flexibility index (Phi) is 5.84. The van der Waals surface area contributed by atoms with Crippen LogP contribution in [0.1, 0.15) is 17.2 Å². The van der Waals surface area contributed by atoms with Crippen LogP contribution in [-0.2, 0) is 6.42 Å². The molecule has 106 valence electrons. The van der Waals surface area contributed by atoms with Crippen LogP contribution < -0.4 is 5.32 Å². The summed E-state index contributed by atoms with van der Waals surface area (Å²) in [5, 5.41) is 3.77. The molecule has 20 heavy (non-hydrogen) atoms. The Balaban J connectivity index is 2.31. The summed E-state index contributed by atoms with van der Waals surface area (Å²) in [4.78, 5) is 0. The molecule has 0 aromatic heterocycles. The van der Waals surface area contributed by atoms with Crippen molar-refractivity contribution in [1.29, 1.82) is 0 Å². The van der Waals surface area contributed by atoms with Crippen LogP contribution >= 0.6 is 50.1 Å². The Morgan fingerprint density at radius 3 is 2.70 bits per heavy atom. The first-order valence-corrected chi connectivity index (χ1v) is 8.32. The molecule has 2 rings (SSSR count). The molecule has 0 spiro atoms. The zero-order chi connectivity index (χ0) is 14.7. The predicted octanol–water partition coefficient (Wildman–Crippen LogP) is 5.35. The maximum atomic E-state index is 13.1. The van der Waals surface area contributed by atoms with Crippen molar-refractivity contribution in [3.05, 3.63) is 66.4 Å². The van der Waals surface area contributed by atoms with E-state index < -0.39 is 0 Å². The van der Waals surface area contributed by atoms with Gasteiger partial charge in [0.2, 0.25) is 0 Å². The highest BCUT2D eigenvalue weighted by molar-refractivity contribution is 14.1. The van der Waals surface area contributed by atoms with Gasteiger partial charge in [0, 0.05) is 19.1 Å². The molecule has 5 heteroatoms. The molecule has 0 aliphatic heterocycles. The fourth-order valence-electron chi connectivity index (χ4n) is 2.06. The van der Waals surface area contributed by atoms with Gasteiger partial charge in [-0.3, -0.25) is 0 Å². The number of halogens is 4. The first-order valence-electron chi connectivity index (χ1n) is 6.07. The number of rotatable bonds is 4. The number of nitrogens with one attached hydrogen (secondary N) is 1. The molecule has 0 saturated carbocycles. The monoisotopic (exact) mass is 467 g/mol. The highest BCUT2D eigenvalue weighted by Gasteiger charge is 2.15. The van der Waals surface area contributed by atoms with Gasteiger partial charge < -0.3 is 5.32 Å². The third-order valence-electron chi connectivity index (χ3n) is 3.12. The molecule has 0 fully saturated rings. The lowest BCUT2D eigenvalue weighted by Crippen LogP contribution is -2.20. The van der Waals surface area contributed by atoms with E-state index in [1.165, 1.54) is 21.3 Å². The standard InChI is InChI=1S/C15H13BrClFIN/c1-20-15(12-7-10(16)3-5-14(12)19)6-9-2-4-11(18)8-13(9)17/h2-5,7-8,15,20H,6H2,1H3. The van der Waals surface area contributed by atoms with Gasteiger partial charge in [0.1, 0.15) is 5.82 Å². The topological polar surface area (TPSA) is 12.0 Å². The van der Waals surface area contributed by atoms with E-state index in [0.717, 1.165) is 10.0 Å². The van der Waals surface area contributed by atoms with Crippen molar-refractivity contribution >= 4 is 50.1 Å². The van der Waals surface area contributed by atoms with Crippen LogP contribution in [0.4, 0.5) is 4.39 Å². The first-order chi connectivity index (χ1) is 9.51. The van der Waals surface area contributed by atoms with Gasteiger partial charge in [0.25, 0.3) is 0 Å². The van der Waals surface area contributed by atoms with E-state index in [9.17, 15) is 4.39 Å². The van der Waals surface area contributed by atoms with E-state index in [4.69, 9.17) is 11.6 Å². The molecular formula is C15H13BrClFIN. The number of hydrogen-bond acceptors (Lipinski definition) is 1. The first kappa shape index (κ1) is 16.2. The molecule has 0 aliphatic carbocycles. The highest BCUT2D eigenvalue weighted by atomic mass is 127. The summed E-state index contributed by atoms with van der Waals surface area (Å²) in [6.07, 6.45) is 0.710. The van der Waals surface area contributed by atoms with Gasteiger partial charge in [-0.25, -0.2) is 4.39 Å². The van der Waals surface area contributed by atoms with Crippen LogP contribution in [0.25, 0.3) is 0 Å². The summed E-state index contributed by atoms with van der Waals surface area (Å²) in [5.41, 5.74) is 2.13. The van der Waals surface area contributed by atoms with Crippen molar-refractivity contribution in [3.8, 4) is 0 Å². The third-order valence-corrected chi connectivity index (χ3v) is 4.95. The molecular weight excluding hydrogens is 455 g/mol. The molecule has 2 aromatic carbocycles. The van der Waals surface area contributed by atoms with Crippen molar-refractivity contribution in [3.63, 3.8) is 0 Å². The van der Waals surface area contributed by atoms with Crippen molar-refractivity contribution < 1.29 is 4.39 Å². The minimum absolute atomic E-state index is 0.127. The lowest BCUT2D eigenvalue weighted by Gasteiger charge is -2.19. The molecule has 0 saturated heterocycles. The molecule has 1 N–H and O–H groups in total. The van der Waals surface area contributed by atoms with Gasteiger partial charge in [-0.05, 0) is 77.5 Å². The van der Waals surface area contributed by atoms with Crippen LogP contribution in [0, 0.1) is 9.39 Å². The second kappa shape index (κ2) is 7.20. The van der Waals surface area contributed by atoms with Crippen molar-refractivity contribution in [2.75, 3.05) is 7.05 Å². The van der Waals surface area contributed by atoms with E-state index in [1.807, 2.05) is 13.1 Å². The summed E-state index contributed by atoms with van der Waals surface area (Å²) in [7, 11) is 1.92. The molecule has 2 aromatic rings. The number of hydrogen-bond donors (Lipinski definition) is 1. The normalized spacial score (nSPS) is 12.4. The van der Waals surface area contributed by atoms with Crippen LogP contribution in [0.3, 0.4) is 0 Å². The largest absolute Gasteiger partial charge is 0.313 e.